The van der Waals surface area contributed by atoms with Crippen LogP contribution in [0.4, 0.5) is 5.69 Å². The largest absolute Gasteiger partial charge is 0.399 e. The van der Waals surface area contributed by atoms with Crippen LogP contribution in [0.2, 0.25) is 0 Å². The van der Waals surface area contributed by atoms with Crippen LogP contribution < -0.4 is 17.0 Å². The van der Waals surface area contributed by atoms with Crippen molar-refractivity contribution >= 4 is 33.8 Å². The number of thiazole rings is 1. The summed E-state index contributed by atoms with van der Waals surface area (Å²) in [6.07, 6.45) is 6.71. The van der Waals surface area contributed by atoms with Crippen LogP contribution in [0, 0.1) is 0 Å². The number of H-pyrrole nitrogens is 1. The summed E-state index contributed by atoms with van der Waals surface area (Å²) in [5.74, 6) is 0. The molecule has 5 N–H and O–H groups in total. The number of fused-ring (bicyclic) bond motifs is 1. The van der Waals surface area contributed by atoms with Crippen molar-refractivity contribution in [2.75, 3.05) is 5.73 Å². The summed E-state index contributed by atoms with van der Waals surface area (Å²) in [6.45, 7) is 3.68. The minimum atomic E-state index is -0.327. The van der Waals surface area contributed by atoms with Crippen LogP contribution in [-0.4, -0.2) is 19.9 Å². The molecule has 0 aliphatic rings. The fourth-order valence-electron chi connectivity index (χ4n) is 2.63. The Labute approximate surface area is 152 Å². The fourth-order valence-corrected chi connectivity index (χ4v) is 3.61. The van der Waals surface area contributed by atoms with E-state index in [9.17, 15) is 4.79 Å². The molecule has 0 radical (unpaired) electrons. The fraction of sp³-hybridized carbons (Fsp3) is 0. The summed E-state index contributed by atoms with van der Waals surface area (Å²) in [5.41, 5.74) is 15.2. The first kappa shape index (κ1) is 16.0. The molecule has 0 spiro atoms. The van der Waals surface area contributed by atoms with Gasteiger partial charge >= 0.3 is 0 Å². The molecule has 0 aliphatic heterocycles. The molecule has 26 heavy (non-hydrogen) atoms. The second-order valence-corrected chi connectivity index (χ2v) is 6.68. The molecule has 4 aromatic rings. The Hall–Kier alpha value is -3.52. The zero-order chi connectivity index (χ0) is 18.3. The van der Waals surface area contributed by atoms with Crippen LogP contribution in [0.15, 0.2) is 54.4 Å². The molecular formula is C18H14N6OS. The zero-order valence-corrected chi connectivity index (χ0v) is 14.4. The SMILES string of the molecule is C=C(N)c1cnc2c(N)c(-c3ncc(-c4ccncc4)s3)c(=O)[nH]c2c1. The van der Waals surface area contributed by atoms with Gasteiger partial charge in [-0.05, 0) is 23.8 Å². The molecule has 0 bridgehead atoms. The Morgan fingerprint density at radius 1 is 1.19 bits per heavy atom. The number of hydrogen-bond acceptors (Lipinski definition) is 7. The number of nitrogens with zero attached hydrogens (tertiary/aromatic N) is 3. The van der Waals surface area contributed by atoms with E-state index in [-0.39, 0.29) is 11.2 Å². The first-order valence-electron chi connectivity index (χ1n) is 7.67. The molecule has 0 saturated carbocycles. The highest BCUT2D eigenvalue weighted by Gasteiger charge is 2.17. The van der Waals surface area contributed by atoms with E-state index < -0.39 is 0 Å². The van der Waals surface area contributed by atoms with Crippen molar-refractivity contribution in [3.63, 3.8) is 0 Å². The van der Waals surface area contributed by atoms with E-state index in [1.165, 1.54) is 11.3 Å². The van der Waals surface area contributed by atoms with E-state index in [1.807, 2.05) is 12.1 Å². The van der Waals surface area contributed by atoms with Gasteiger partial charge in [0.05, 0.1) is 16.1 Å². The number of pyridine rings is 3. The van der Waals surface area contributed by atoms with Gasteiger partial charge in [-0.3, -0.25) is 14.8 Å². The third-order valence-electron chi connectivity index (χ3n) is 3.94. The zero-order valence-electron chi connectivity index (χ0n) is 13.6. The summed E-state index contributed by atoms with van der Waals surface area (Å²) < 4.78 is 0. The normalized spacial score (nSPS) is 10.9. The second kappa shape index (κ2) is 6.08. The Bertz CT molecular complexity index is 1200. The highest BCUT2D eigenvalue weighted by Crippen LogP contribution is 2.34. The predicted octanol–water partition coefficient (Wildman–Crippen LogP) is 2.62. The molecule has 0 amide bonds. The first-order chi connectivity index (χ1) is 12.5. The number of aromatic amines is 1. The molecule has 4 heterocycles. The van der Waals surface area contributed by atoms with Gasteiger partial charge < -0.3 is 16.5 Å². The van der Waals surface area contributed by atoms with Crippen molar-refractivity contribution in [2.24, 2.45) is 5.73 Å². The van der Waals surface area contributed by atoms with Crippen molar-refractivity contribution < 1.29 is 0 Å². The van der Waals surface area contributed by atoms with E-state index in [4.69, 9.17) is 11.5 Å². The van der Waals surface area contributed by atoms with E-state index >= 15 is 0 Å². The topological polar surface area (TPSA) is 124 Å². The van der Waals surface area contributed by atoms with Crippen LogP contribution >= 0.6 is 11.3 Å². The lowest BCUT2D eigenvalue weighted by atomic mass is 10.1. The minimum absolute atomic E-state index is 0.286. The highest BCUT2D eigenvalue weighted by molar-refractivity contribution is 7.18. The van der Waals surface area contributed by atoms with Crippen LogP contribution in [0.3, 0.4) is 0 Å². The number of rotatable bonds is 3. The molecule has 0 aliphatic carbocycles. The Kier molecular flexibility index (Phi) is 3.74. The Morgan fingerprint density at radius 3 is 2.69 bits per heavy atom. The lowest BCUT2D eigenvalue weighted by Crippen LogP contribution is -2.13. The van der Waals surface area contributed by atoms with Gasteiger partial charge in [-0.1, -0.05) is 6.58 Å². The maximum atomic E-state index is 12.6. The summed E-state index contributed by atoms with van der Waals surface area (Å²) in [4.78, 5) is 29.0. The van der Waals surface area contributed by atoms with Crippen molar-refractivity contribution in [3.8, 4) is 21.0 Å². The van der Waals surface area contributed by atoms with E-state index in [0.29, 0.717) is 32.9 Å². The molecular weight excluding hydrogens is 348 g/mol. The third-order valence-corrected chi connectivity index (χ3v) is 5.01. The molecule has 0 fully saturated rings. The molecule has 0 saturated heterocycles. The van der Waals surface area contributed by atoms with Gasteiger partial charge in [-0.2, -0.15) is 0 Å². The van der Waals surface area contributed by atoms with Gasteiger partial charge in [0.15, 0.2) is 0 Å². The second-order valence-electron chi connectivity index (χ2n) is 5.65. The number of nitrogen functional groups attached to an aromatic ring is 1. The molecule has 4 aromatic heterocycles. The van der Waals surface area contributed by atoms with E-state index in [1.54, 1.807) is 30.9 Å². The van der Waals surface area contributed by atoms with Crippen LogP contribution in [0.1, 0.15) is 5.56 Å². The van der Waals surface area contributed by atoms with Gasteiger partial charge in [0.2, 0.25) is 0 Å². The van der Waals surface area contributed by atoms with E-state index in [0.717, 1.165) is 10.4 Å². The first-order valence-corrected chi connectivity index (χ1v) is 8.49. The van der Waals surface area contributed by atoms with Crippen molar-refractivity contribution in [1.29, 1.82) is 0 Å². The average molecular weight is 362 g/mol. The summed E-state index contributed by atoms with van der Waals surface area (Å²) in [7, 11) is 0. The minimum Gasteiger partial charge on any atom is -0.399 e. The quantitative estimate of drug-likeness (QED) is 0.515. The molecule has 128 valence electrons. The monoisotopic (exact) mass is 362 g/mol. The Balaban J connectivity index is 1.87. The van der Waals surface area contributed by atoms with Gasteiger partial charge in [0.25, 0.3) is 5.56 Å². The van der Waals surface area contributed by atoms with Crippen LogP contribution in [0.5, 0.6) is 0 Å². The summed E-state index contributed by atoms with van der Waals surface area (Å²) in [5, 5.41) is 0.534. The Morgan fingerprint density at radius 2 is 1.96 bits per heavy atom. The molecule has 7 nitrogen and oxygen atoms in total. The molecule has 0 atom stereocenters. The molecule has 4 rings (SSSR count). The van der Waals surface area contributed by atoms with Crippen molar-refractivity contribution in [3.05, 3.63) is 65.5 Å². The maximum absolute atomic E-state index is 12.6. The van der Waals surface area contributed by atoms with Gasteiger partial charge in [0, 0.05) is 36.0 Å². The average Bonchev–Trinajstić information content (AvgIpc) is 3.11. The smallest absolute Gasteiger partial charge is 0.260 e. The number of nitrogens with one attached hydrogen (secondary N) is 1. The number of anilines is 1. The number of aromatic nitrogens is 4. The van der Waals surface area contributed by atoms with Gasteiger partial charge in [0.1, 0.15) is 16.1 Å². The lowest BCUT2D eigenvalue weighted by Gasteiger charge is -2.07. The summed E-state index contributed by atoms with van der Waals surface area (Å²) >= 11 is 1.38. The highest BCUT2D eigenvalue weighted by atomic mass is 32.1. The van der Waals surface area contributed by atoms with Crippen LogP contribution in [0.25, 0.3) is 37.7 Å². The number of nitrogens with two attached hydrogens (primary N) is 2. The van der Waals surface area contributed by atoms with Crippen LogP contribution in [-0.2, 0) is 0 Å². The standard InChI is InChI=1S/C18H14N6OS/c1-9(19)11-6-12-16(22-7-11)15(20)14(17(25)24-12)18-23-8-13(26-18)10-2-4-21-5-3-10/h2-8H,1,19H2,(H3,20,24,25). The maximum Gasteiger partial charge on any atom is 0.260 e. The summed E-state index contributed by atoms with van der Waals surface area (Å²) in [6, 6.07) is 5.47. The van der Waals surface area contributed by atoms with Gasteiger partial charge in [-0.15, -0.1) is 11.3 Å². The van der Waals surface area contributed by atoms with Gasteiger partial charge in [-0.25, -0.2) is 4.98 Å². The van der Waals surface area contributed by atoms with Crippen molar-refractivity contribution in [1.82, 2.24) is 19.9 Å². The molecule has 0 unspecified atom stereocenters. The lowest BCUT2D eigenvalue weighted by molar-refractivity contribution is 1.26. The molecule has 0 aromatic carbocycles. The molecule has 8 heteroatoms. The van der Waals surface area contributed by atoms with Crippen molar-refractivity contribution in [2.45, 2.75) is 0 Å². The predicted molar refractivity (Wildman–Crippen MR) is 104 cm³/mol. The number of hydrogen-bond donors (Lipinski definition) is 3. The third kappa shape index (κ3) is 2.62. The van der Waals surface area contributed by atoms with E-state index in [2.05, 4.69) is 26.5 Å².